The van der Waals surface area contributed by atoms with E-state index >= 15 is 0 Å². The molecule has 3 aliphatic rings. The van der Waals surface area contributed by atoms with Crippen LogP contribution in [-0.2, 0) is 0 Å². The molecule has 3 rings (SSSR count). The van der Waals surface area contributed by atoms with Crippen molar-refractivity contribution in [2.45, 2.75) is 113 Å². The summed E-state index contributed by atoms with van der Waals surface area (Å²) in [6, 6.07) is 0. The van der Waals surface area contributed by atoms with Gasteiger partial charge in [-0.1, -0.05) is 54.9 Å². The monoisotopic (exact) mass is 351 g/mol. The molecule has 25 heavy (non-hydrogen) atoms. The van der Waals surface area contributed by atoms with Gasteiger partial charge in [0.2, 0.25) is 0 Å². The average molecular weight is 352 g/mol. The number of nitrogens with zero attached hydrogens (tertiary/aromatic N) is 1. The number of likely N-dealkylation sites (tertiary alicyclic amines) is 1. The second-order valence-corrected chi connectivity index (χ2v) is 12.1. The summed E-state index contributed by atoms with van der Waals surface area (Å²) in [7, 11) is 0. The molecule has 2 saturated carbocycles. The first kappa shape index (κ1) is 23.0. The lowest BCUT2D eigenvalue weighted by atomic mass is 9.64. The molecule has 0 bridgehead atoms. The molecule has 1 aliphatic heterocycles. The third-order valence-corrected chi connectivity index (χ3v) is 6.73. The first-order valence-electron chi connectivity index (χ1n) is 11.0. The lowest BCUT2D eigenvalue weighted by Gasteiger charge is -2.42. The van der Waals surface area contributed by atoms with E-state index in [1.807, 2.05) is 0 Å². The fourth-order valence-corrected chi connectivity index (χ4v) is 3.87. The molecule has 0 spiro atoms. The highest BCUT2D eigenvalue weighted by Gasteiger charge is 2.34. The van der Waals surface area contributed by atoms with Crippen LogP contribution in [0.2, 0.25) is 0 Å². The number of hydrogen-bond acceptors (Lipinski definition) is 1. The molecule has 1 heteroatoms. The van der Waals surface area contributed by atoms with Gasteiger partial charge in [0.1, 0.15) is 0 Å². The van der Waals surface area contributed by atoms with E-state index in [0.29, 0.717) is 16.4 Å². The topological polar surface area (TPSA) is 3.24 Å². The molecule has 1 nitrogen and oxygen atoms in total. The van der Waals surface area contributed by atoms with Gasteiger partial charge >= 0.3 is 0 Å². The molecular weight excluding hydrogens is 302 g/mol. The van der Waals surface area contributed by atoms with Gasteiger partial charge in [0, 0.05) is 5.54 Å². The minimum Gasteiger partial charge on any atom is -0.298 e. The maximum absolute atomic E-state index is 2.49. The predicted molar refractivity (Wildman–Crippen MR) is 114 cm³/mol. The Kier molecular flexibility index (Phi) is 8.06. The highest BCUT2D eigenvalue weighted by Crippen LogP contribution is 2.44. The molecule has 1 saturated heterocycles. The summed E-state index contributed by atoms with van der Waals surface area (Å²) in [6.07, 6.45) is 8.75. The summed E-state index contributed by atoms with van der Waals surface area (Å²) in [5.41, 5.74) is 1.60. The summed E-state index contributed by atoms with van der Waals surface area (Å²) in [5, 5.41) is 0. The number of hydrogen-bond donors (Lipinski definition) is 0. The van der Waals surface area contributed by atoms with E-state index < -0.39 is 0 Å². The predicted octanol–water partition coefficient (Wildman–Crippen LogP) is 7.40. The molecule has 0 unspecified atom stereocenters. The summed E-state index contributed by atoms with van der Waals surface area (Å²) >= 11 is 0. The maximum Gasteiger partial charge on any atom is 0.0125 e. The maximum atomic E-state index is 2.49. The van der Waals surface area contributed by atoms with E-state index in [0.717, 1.165) is 17.8 Å². The number of rotatable bonds is 0. The molecule has 0 aromatic heterocycles. The molecule has 0 radical (unpaired) electrons. The Hall–Kier alpha value is -0.0400. The summed E-state index contributed by atoms with van der Waals surface area (Å²) in [4.78, 5) is 2.49. The van der Waals surface area contributed by atoms with Crippen molar-refractivity contribution in [1.82, 2.24) is 4.90 Å². The zero-order valence-electron chi connectivity index (χ0n) is 19.3. The van der Waals surface area contributed by atoms with Crippen LogP contribution in [0, 0.1) is 28.6 Å². The van der Waals surface area contributed by atoms with Crippen LogP contribution in [0.3, 0.4) is 0 Å². The Labute approximate surface area is 160 Å². The van der Waals surface area contributed by atoms with Crippen LogP contribution in [0.15, 0.2) is 0 Å². The van der Waals surface area contributed by atoms with Gasteiger partial charge in [-0.2, -0.15) is 0 Å². The van der Waals surface area contributed by atoms with Gasteiger partial charge in [-0.15, -0.1) is 0 Å². The molecule has 3 fully saturated rings. The molecule has 1 heterocycles. The third-order valence-electron chi connectivity index (χ3n) is 6.73. The van der Waals surface area contributed by atoms with Crippen molar-refractivity contribution >= 4 is 0 Å². The standard InChI is InChI=1S/C9H18.C8H16.C7H15N/c1-7-5-8(6-7)9(2,3)4;1-8(2,3)7-5-4-6-7;1-7(2,3)8-5-4-6-8/h7-8H,5-6H2,1-4H3;7H,4-6H2,1-3H3;4-6H2,1-3H3. The lowest BCUT2D eigenvalue weighted by Crippen LogP contribution is -2.49. The fraction of sp³-hybridized carbons (Fsp3) is 1.00. The molecule has 0 amide bonds. The zero-order valence-corrected chi connectivity index (χ0v) is 19.3. The minimum absolute atomic E-state index is 0.429. The van der Waals surface area contributed by atoms with Crippen molar-refractivity contribution in [2.75, 3.05) is 13.1 Å². The van der Waals surface area contributed by atoms with Gasteiger partial charge in [0.25, 0.3) is 0 Å². The molecule has 0 aromatic carbocycles. The van der Waals surface area contributed by atoms with E-state index in [-0.39, 0.29) is 0 Å². The summed E-state index contributed by atoms with van der Waals surface area (Å²) < 4.78 is 0. The van der Waals surface area contributed by atoms with E-state index in [4.69, 9.17) is 0 Å². The van der Waals surface area contributed by atoms with Gasteiger partial charge in [0.05, 0.1) is 0 Å². The Morgan fingerprint density at radius 3 is 1.12 bits per heavy atom. The first-order valence-corrected chi connectivity index (χ1v) is 11.0. The molecule has 0 N–H and O–H groups in total. The van der Waals surface area contributed by atoms with Gasteiger partial charge in [-0.05, 0) is 94.5 Å². The van der Waals surface area contributed by atoms with E-state index in [1.165, 1.54) is 51.6 Å². The van der Waals surface area contributed by atoms with Crippen LogP contribution >= 0.6 is 0 Å². The van der Waals surface area contributed by atoms with Crippen molar-refractivity contribution in [3.63, 3.8) is 0 Å². The van der Waals surface area contributed by atoms with Crippen LogP contribution in [0.1, 0.15) is 108 Å². The van der Waals surface area contributed by atoms with E-state index in [1.54, 1.807) is 0 Å². The molecule has 0 aromatic rings. The second kappa shape index (κ2) is 8.77. The molecule has 2 aliphatic carbocycles. The summed E-state index contributed by atoms with van der Waals surface area (Å²) in [6.45, 7) is 25.9. The second-order valence-electron chi connectivity index (χ2n) is 12.1. The Balaban J connectivity index is 0.000000188. The third kappa shape index (κ3) is 8.02. The minimum atomic E-state index is 0.429. The Morgan fingerprint density at radius 1 is 0.640 bits per heavy atom. The van der Waals surface area contributed by atoms with Gasteiger partial charge in [0.15, 0.2) is 0 Å². The van der Waals surface area contributed by atoms with Crippen LogP contribution < -0.4 is 0 Å². The summed E-state index contributed by atoms with van der Waals surface area (Å²) in [5.74, 6) is 3.05. The van der Waals surface area contributed by atoms with Crippen molar-refractivity contribution in [3.8, 4) is 0 Å². The largest absolute Gasteiger partial charge is 0.298 e. The van der Waals surface area contributed by atoms with Gasteiger partial charge < -0.3 is 0 Å². The highest BCUT2D eigenvalue weighted by atomic mass is 15.2. The quantitative estimate of drug-likeness (QED) is 0.439. The highest BCUT2D eigenvalue weighted by molar-refractivity contribution is 4.85. The van der Waals surface area contributed by atoms with Crippen molar-refractivity contribution in [2.24, 2.45) is 28.6 Å². The Bertz CT molecular complexity index is 338. The van der Waals surface area contributed by atoms with Crippen LogP contribution in [-0.4, -0.2) is 23.5 Å². The molecular formula is C24H49N. The average Bonchev–Trinajstić information content (AvgIpc) is 2.14. The van der Waals surface area contributed by atoms with Gasteiger partial charge in [-0.3, -0.25) is 4.90 Å². The smallest absolute Gasteiger partial charge is 0.0125 e. The SMILES string of the molecule is CC(C)(C)C1CCC1.CC(C)(C)N1CCC1.CC1CC(C(C)(C)C)C1. The zero-order chi connectivity index (χ0) is 19.5. The van der Waals surface area contributed by atoms with Gasteiger partial charge in [-0.25, -0.2) is 0 Å². The van der Waals surface area contributed by atoms with Crippen LogP contribution in [0.5, 0.6) is 0 Å². The first-order chi connectivity index (χ1) is 11.2. The van der Waals surface area contributed by atoms with E-state index in [9.17, 15) is 0 Å². The van der Waals surface area contributed by atoms with Crippen LogP contribution in [0.25, 0.3) is 0 Å². The van der Waals surface area contributed by atoms with Crippen molar-refractivity contribution in [3.05, 3.63) is 0 Å². The Morgan fingerprint density at radius 2 is 1.08 bits per heavy atom. The normalized spacial score (nSPS) is 27.6. The van der Waals surface area contributed by atoms with Crippen LogP contribution in [0.4, 0.5) is 0 Å². The fourth-order valence-electron chi connectivity index (χ4n) is 3.87. The molecule has 0 atom stereocenters. The van der Waals surface area contributed by atoms with Crippen molar-refractivity contribution < 1.29 is 0 Å². The van der Waals surface area contributed by atoms with Crippen molar-refractivity contribution in [1.29, 1.82) is 0 Å². The lowest BCUT2D eigenvalue weighted by molar-refractivity contribution is 0.0690. The van der Waals surface area contributed by atoms with E-state index in [2.05, 4.69) is 74.1 Å². The molecule has 150 valence electrons.